The van der Waals surface area contributed by atoms with Crippen LogP contribution in [0.5, 0.6) is 0 Å². The van der Waals surface area contributed by atoms with E-state index in [-0.39, 0.29) is 5.54 Å². The first-order valence-electron chi connectivity index (χ1n) is 5.79. The third-order valence-corrected chi connectivity index (χ3v) is 4.55. The first-order chi connectivity index (χ1) is 7.61. The smallest absolute Gasteiger partial charge is 0.113 e. The zero-order valence-electron chi connectivity index (χ0n) is 10.4. The molecule has 0 aliphatic heterocycles. The Hall–Kier alpha value is -0.450. The van der Waals surface area contributed by atoms with E-state index in [2.05, 4.69) is 24.5 Å². The fourth-order valence-corrected chi connectivity index (χ4v) is 3.35. The quantitative estimate of drug-likeness (QED) is 0.878. The standard InChI is InChI=1S/C12H20N2OS/c1-8(2)10-7-16-11(14-10)12(13-3)5-9(6-12)15-4/h7-9,13H,5-6H2,1-4H3. The molecule has 1 aliphatic rings. The summed E-state index contributed by atoms with van der Waals surface area (Å²) in [4.78, 5) is 4.74. The number of hydrogen-bond donors (Lipinski definition) is 1. The van der Waals surface area contributed by atoms with Gasteiger partial charge in [0, 0.05) is 12.5 Å². The van der Waals surface area contributed by atoms with Crippen LogP contribution in [0.2, 0.25) is 0 Å². The van der Waals surface area contributed by atoms with Gasteiger partial charge in [-0.3, -0.25) is 0 Å². The van der Waals surface area contributed by atoms with Crippen molar-refractivity contribution >= 4 is 11.3 Å². The highest BCUT2D eigenvalue weighted by atomic mass is 32.1. The predicted molar refractivity (Wildman–Crippen MR) is 67.0 cm³/mol. The lowest BCUT2D eigenvalue weighted by Crippen LogP contribution is -2.54. The van der Waals surface area contributed by atoms with Crippen molar-refractivity contribution in [2.24, 2.45) is 0 Å². The Morgan fingerprint density at radius 1 is 1.56 bits per heavy atom. The number of methoxy groups -OCH3 is 1. The average Bonchev–Trinajstić information content (AvgIpc) is 2.67. The summed E-state index contributed by atoms with van der Waals surface area (Å²) in [6.07, 6.45) is 2.45. The van der Waals surface area contributed by atoms with Crippen LogP contribution < -0.4 is 5.32 Å². The van der Waals surface area contributed by atoms with E-state index in [1.165, 1.54) is 10.7 Å². The van der Waals surface area contributed by atoms with Gasteiger partial charge in [0.05, 0.1) is 17.3 Å². The van der Waals surface area contributed by atoms with Gasteiger partial charge in [-0.25, -0.2) is 4.98 Å². The molecule has 1 aliphatic carbocycles. The maximum atomic E-state index is 5.36. The predicted octanol–water partition coefficient (Wildman–Crippen LogP) is 2.49. The highest BCUT2D eigenvalue weighted by Gasteiger charge is 2.46. The van der Waals surface area contributed by atoms with E-state index in [0.29, 0.717) is 12.0 Å². The Kier molecular flexibility index (Phi) is 3.33. The van der Waals surface area contributed by atoms with Crippen LogP contribution >= 0.6 is 11.3 Å². The monoisotopic (exact) mass is 240 g/mol. The molecule has 1 aromatic rings. The number of nitrogens with one attached hydrogen (secondary N) is 1. The molecular weight excluding hydrogens is 220 g/mol. The molecule has 0 aromatic carbocycles. The van der Waals surface area contributed by atoms with Gasteiger partial charge in [-0.2, -0.15) is 0 Å². The van der Waals surface area contributed by atoms with E-state index >= 15 is 0 Å². The molecule has 0 atom stereocenters. The number of rotatable bonds is 4. The average molecular weight is 240 g/mol. The fourth-order valence-electron chi connectivity index (χ4n) is 2.14. The lowest BCUT2D eigenvalue weighted by Gasteiger charge is -2.45. The molecule has 3 nitrogen and oxygen atoms in total. The van der Waals surface area contributed by atoms with Crippen LogP contribution in [0, 0.1) is 0 Å². The van der Waals surface area contributed by atoms with Gasteiger partial charge in [0.1, 0.15) is 5.01 Å². The van der Waals surface area contributed by atoms with Crippen LogP contribution in [0.3, 0.4) is 0 Å². The Morgan fingerprint density at radius 3 is 2.69 bits per heavy atom. The summed E-state index contributed by atoms with van der Waals surface area (Å²) in [6, 6.07) is 0. The van der Waals surface area contributed by atoms with Gasteiger partial charge < -0.3 is 10.1 Å². The molecule has 4 heteroatoms. The Balaban J connectivity index is 2.15. The van der Waals surface area contributed by atoms with E-state index < -0.39 is 0 Å². The summed E-state index contributed by atoms with van der Waals surface area (Å²) in [5.41, 5.74) is 1.27. The summed E-state index contributed by atoms with van der Waals surface area (Å²) in [5, 5.41) is 6.81. The van der Waals surface area contributed by atoms with E-state index in [0.717, 1.165) is 12.8 Å². The molecule has 1 fully saturated rings. The van der Waals surface area contributed by atoms with Crippen LogP contribution in [0.25, 0.3) is 0 Å². The van der Waals surface area contributed by atoms with Crippen LogP contribution in [-0.2, 0) is 10.3 Å². The summed E-state index contributed by atoms with van der Waals surface area (Å²) in [6.45, 7) is 4.37. The second-order valence-corrected chi connectivity index (χ2v) is 5.69. The Bertz CT molecular complexity index is 356. The second-order valence-electron chi connectivity index (χ2n) is 4.83. The minimum Gasteiger partial charge on any atom is -0.381 e. The molecule has 1 heterocycles. The van der Waals surface area contributed by atoms with Crippen molar-refractivity contribution in [3.63, 3.8) is 0 Å². The van der Waals surface area contributed by atoms with Gasteiger partial charge >= 0.3 is 0 Å². The van der Waals surface area contributed by atoms with Gasteiger partial charge in [0.15, 0.2) is 0 Å². The highest BCUT2D eigenvalue weighted by molar-refractivity contribution is 7.09. The third kappa shape index (κ3) is 1.90. The van der Waals surface area contributed by atoms with Crippen molar-refractivity contribution in [1.82, 2.24) is 10.3 Å². The zero-order valence-corrected chi connectivity index (χ0v) is 11.2. The number of thiazole rings is 1. The van der Waals surface area contributed by atoms with Crippen molar-refractivity contribution in [2.45, 2.75) is 44.2 Å². The SMILES string of the molecule is CNC1(c2nc(C(C)C)cs2)CC(OC)C1. The van der Waals surface area contributed by atoms with Gasteiger partial charge in [-0.15, -0.1) is 11.3 Å². The molecule has 0 spiro atoms. The molecule has 0 saturated heterocycles. The van der Waals surface area contributed by atoms with Gasteiger partial charge in [0.2, 0.25) is 0 Å². The third-order valence-electron chi connectivity index (χ3n) is 3.49. The van der Waals surface area contributed by atoms with Gasteiger partial charge in [-0.1, -0.05) is 13.8 Å². The minimum absolute atomic E-state index is 0.0679. The summed E-state index contributed by atoms with van der Waals surface area (Å²) >= 11 is 1.77. The lowest BCUT2D eigenvalue weighted by atomic mass is 9.74. The van der Waals surface area contributed by atoms with Crippen LogP contribution in [0.15, 0.2) is 5.38 Å². The van der Waals surface area contributed by atoms with Crippen LogP contribution in [0.4, 0.5) is 0 Å². The van der Waals surface area contributed by atoms with E-state index in [4.69, 9.17) is 9.72 Å². The van der Waals surface area contributed by atoms with Crippen molar-refractivity contribution in [3.05, 3.63) is 16.1 Å². The Morgan fingerprint density at radius 2 is 2.25 bits per heavy atom. The molecule has 0 radical (unpaired) electrons. The largest absolute Gasteiger partial charge is 0.381 e. The lowest BCUT2D eigenvalue weighted by molar-refractivity contribution is -0.0300. The molecule has 0 unspecified atom stereocenters. The number of hydrogen-bond acceptors (Lipinski definition) is 4. The van der Waals surface area contributed by atoms with Gasteiger partial charge in [-0.05, 0) is 25.8 Å². The van der Waals surface area contributed by atoms with Crippen molar-refractivity contribution in [2.75, 3.05) is 14.2 Å². The zero-order chi connectivity index (χ0) is 11.8. The van der Waals surface area contributed by atoms with Crippen molar-refractivity contribution in [3.8, 4) is 0 Å². The first kappa shape index (κ1) is 12.0. The molecule has 0 bridgehead atoms. The molecular formula is C12H20N2OS. The van der Waals surface area contributed by atoms with Crippen LogP contribution in [-0.4, -0.2) is 25.2 Å². The molecule has 1 aromatic heterocycles. The van der Waals surface area contributed by atoms with Crippen LogP contribution in [0.1, 0.15) is 43.3 Å². The normalized spacial score (nSPS) is 29.4. The summed E-state index contributed by atoms with van der Waals surface area (Å²) in [5.74, 6) is 0.511. The van der Waals surface area contributed by atoms with E-state index in [1.54, 1.807) is 18.4 Å². The minimum atomic E-state index is 0.0679. The fraction of sp³-hybridized carbons (Fsp3) is 0.750. The maximum absolute atomic E-state index is 5.36. The second kappa shape index (κ2) is 4.43. The summed E-state index contributed by atoms with van der Waals surface area (Å²) < 4.78 is 5.36. The number of aromatic nitrogens is 1. The maximum Gasteiger partial charge on any atom is 0.113 e. The molecule has 0 amide bonds. The number of ether oxygens (including phenoxy) is 1. The topological polar surface area (TPSA) is 34.2 Å². The van der Waals surface area contributed by atoms with Crippen molar-refractivity contribution in [1.29, 1.82) is 0 Å². The summed E-state index contributed by atoms with van der Waals surface area (Å²) in [7, 11) is 3.80. The molecule has 1 N–H and O–H groups in total. The highest BCUT2D eigenvalue weighted by Crippen LogP contribution is 2.44. The van der Waals surface area contributed by atoms with E-state index in [1.807, 2.05) is 7.05 Å². The molecule has 16 heavy (non-hydrogen) atoms. The van der Waals surface area contributed by atoms with Crippen molar-refractivity contribution < 1.29 is 4.74 Å². The molecule has 90 valence electrons. The molecule has 1 saturated carbocycles. The number of nitrogens with zero attached hydrogens (tertiary/aromatic N) is 1. The molecule has 2 rings (SSSR count). The Labute approximate surface area is 101 Å². The first-order valence-corrected chi connectivity index (χ1v) is 6.67. The van der Waals surface area contributed by atoms with Gasteiger partial charge in [0.25, 0.3) is 0 Å². The van der Waals surface area contributed by atoms with E-state index in [9.17, 15) is 0 Å².